The summed E-state index contributed by atoms with van der Waals surface area (Å²) in [6.07, 6.45) is 2.49. The molecule has 3 rings (SSSR count). The van der Waals surface area contributed by atoms with Crippen molar-refractivity contribution in [2.75, 3.05) is 26.8 Å². The van der Waals surface area contributed by atoms with Gasteiger partial charge in [-0.1, -0.05) is 18.2 Å². The van der Waals surface area contributed by atoms with Gasteiger partial charge in [0.15, 0.2) is 0 Å². The smallest absolute Gasteiger partial charge is 0.122 e. The Morgan fingerprint density at radius 3 is 3.15 bits per heavy atom. The van der Waals surface area contributed by atoms with E-state index in [1.54, 1.807) is 7.11 Å². The molecular weight excluding hydrogens is 254 g/mol. The second-order valence-corrected chi connectivity index (χ2v) is 5.75. The van der Waals surface area contributed by atoms with E-state index in [-0.39, 0.29) is 6.10 Å². The Morgan fingerprint density at radius 1 is 1.45 bits per heavy atom. The number of hydrogen-bond donors (Lipinski definition) is 1. The van der Waals surface area contributed by atoms with Gasteiger partial charge in [-0.2, -0.15) is 0 Å². The molecule has 0 aliphatic carbocycles. The standard InChI is InChI=1S/C16H23NO3/c1-19-15-7-3-2-5-12(15)9-14(18)16-10-17-8-4-6-13(17)11-20-16/h2-3,5,7,13-14,16,18H,4,6,8-11H2,1H3. The molecule has 0 aromatic heterocycles. The lowest BCUT2D eigenvalue weighted by Crippen LogP contribution is -2.50. The van der Waals surface area contributed by atoms with E-state index >= 15 is 0 Å². The molecule has 2 aliphatic rings. The molecule has 0 amide bonds. The first kappa shape index (κ1) is 13.9. The summed E-state index contributed by atoms with van der Waals surface area (Å²) in [6.45, 7) is 2.75. The summed E-state index contributed by atoms with van der Waals surface area (Å²) in [4.78, 5) is 2.46. The van der Waals surface area contributed by atoms with Gasteiger partial charge in [0.2, 0.25) is 0 Å². The number of aliphatic hydroxyl groups is 1. The Hall–Kier alpha value is -1.10. The quantitative estimate of drug-likeness (QED) is 0.905. The number of para-hydroxylation sites is 1. The molecule has 2 fully saturated rings. The molecule has 20 heavy (non-hydrogen) atoms. The lowest BCUT2D eigenvalue weighted by atomic mass is 10.0. The molecule has 1 aromatic rings. The molecule has 110 valence electrons. The second kappa shape index (κ2) is 6.12. The number of morpholine rings is 1. The van der Waals surface area contributed by atoms with Crippen LogP contribution in [0.15, 0.2) is 24.3 Å². The van der Waals surface area contributed by atoms with Crippen molar-refractivity contribution in [3.63, 3.8) is 0 Å². The molecule has 0 radical (unpaired) electrons. The number of nitrogens with zero attached hydrogens (tertiary/aromatic N) is 1. The first-order valence-corrected chi connectivity index (χ1v) is 7.43. The number of benzene rings is 1. The van der Waals surface area contributed by atoms with Gasteiger partial charge in [-0.25, -0.2) is 0 Å². The van der Waals surface area contributed by atoms with E-state index in [9.17, 15) is 5.11 Å². The first-order chi connectivity index (χ1) is 9.78. The summed E-state index contributed by atoms with van der Waals surface area (Å²) in [5, 5.41) is 10.5. The Balaban J connectivity index is 1.62. The molecule has 4 heteroatoms. The third kappa shape index (κ3) is 2.82. The Labute approximate surface area is 120 Å². The maximum Gasteiger partial charge on any atom is 0.122 e. The fourth-order valence-corrected chi connectivity index (χ4v) is 3.30. The topological polar surface area (TPSA) is 41.9 Å². The van der Waals surface area contributed by atoms with E-state index in [0.29, 0.717) is 12.5 Å². The van der Waals surface area contributed by atoms with Crippen molar-refractivity contribution in [2.24, 2.45) is 0 Å². The van der Waals surface area contributed by atoms with Crippen LogP contribution in [0, 0.1) is 0 Å². The average molecular weight is 277 g/mol. The fraction of sp³-hybridized carbons (Fsp3) is 0.625. The predicted molar refractivity (Wildman–Crippen MR) is 77.0 cm³/mol. The minimum atomic E-state index is -0.479. The van der Waals surface area contributed by atoms with Crippen LogP contribution in [-0.4, -0.2) is 55.1 Å². The van der Waals surface area contributed by atoms with E-state index in [4.69, 9.17) is 9.47 Å². The number of aliphatic hydroxyl groups excluding tert-OH is 1. The van der Waals surface area contributed by atoms with Crippen molar-refractivity contribution in [2.45, 2.75) is 37.5 Å². The van der Waals surface area contributed by atoms with Gasteiger partial charge in [0, 0.05) is 19.0 Å². The summed E-state index contributed by atoms with van der Waals surface area (Å²) in [7, 11) is 1.66. The molecule has 3 atom stereocenters. The monoisotopic (exact) mass is 277 g/mol. The van der Waals surface area contributed by atoms with Crippen LogP contribution < -0.4 is 4.74 Å². The summed E-state index contributed by atoms with van der Waals surface area (Å²) in [5.41, 5.74) is 1.04. The Morgan fingerprint density at radius 2 is 2.30 bits per heavy atom. The highest BCUT2D eigenvalue weighted by molar-refractivity contribution is 5.33. The average Bonchev–Trinajstić information content (AvgIpc) is 2.95. The zero-order chi connectivity index (χ0) is 13.9. The van der Waals surface area contributed by atoms with Crippen LogP contribution in [0.25, 0.3) is 0 Å². The van der Waals surface area contributed by atoms with Crippen LogP contribution in [0.3, 0.4) is 0 Å². The molecule has 1 aromatic carbocycles. The molecule has 0 saturated carbocycles. The third-order valence-corrected chi connectivity index (χ3v) is 4.47. The molecule has 1 N–H and O–H groups in total. The van der Waals surface area contributed by atoms with E-state index in [2.05, 4.69) is 4.90 Å². The summed E-state index contributed by atoms with van der Waals surface area (Å²) >= 11 is 0. The minimum absolute atomic E-state index is 0.0886. The second-order valence-electron chi connectivity index (χ2n) is 5.75. The zero-order valence-corrected chi connectivity index (χ0v) is 12.0. The van der Waals surface area contributed by atoms with Crippen molar-refractivity contribution >= 4 is 0 Å². The summed E-state index contributed by atoms with van der Waals surface area (Å²) < 4.78 is 11.2. The molecule has 2 saturated heterocycles. The lowest BCUT2D eigenvalue weighted by molar-refractivity contribution is -0.101. The third-order valence-electron chi connectivity index (χ3n) is 4.47. The molecule has 2 heterocycles. The largest absolute Gasteiger partial charge is 0.496 e. The molecule has 0 spiro atoms. The van der Waals surface area contributed by atoms with Crippen LogP contribution in [0.5, 0.6) is 5.75 Å². The van der Waals surface area contributed by atoms with Gasteiger partial charge in [-0.15, -0.1) is 0 Å². The van der Waals surface area contributed by atoms with Crippen LogP contribution in [-0.2, 0) is 11.2 Å². The van der Waals surface area contributed by atoms with Gasteiger partial charge in [0.25, 0.3) is 0 Å². The SMILES string of the molecule is COc1ccccc1CC(O)C1CN2CCCC2CO1. The number of rotatable bonds is 4. The number of hydrogen-bond acceptors (Lipinski definition) is 4. The lowest BCUT2D eigenvalue weighted by Gasteiger charge is -2.37. The van der Waals surface area contributed by atoms with Crippen molar-refractivity contribution in [3.05, 3.63) is 29.8 Å². The molecule has 0 bridgehead atoms. The molecular formula is C16H23NO3. The van der Waals surface area contributed by atoms with Crippen LogP contribution >= 0.6 is 0 Å². The highest BCUT2D eigenvalue weighted by atomic mass is 16.5. The normalized spacial score (nSPS) is 28.1. The highest BCUT2D eigenvalue weighted by Crippen LogP contribution is 2.26. The number of fused-ring (bicyclic) bond motifs is 1. The van der Waals surface area contributed by atoms with Crippen molar-refractivity contribution in [1.29, 1.82) is 0 Å². The highest BCUT2D eigenvalue weighted by Gasteiger charge is 2.35. The molecule has 3 unspecified atom stereocenters. The zero-order valence-electron chi connectivity index (χ0n) is 12.0. The van der Waals surface area contributed by atoms with E-state index in [1.807, 2.05) is 24.3 Å². The summed E-state index contributed by atoms with van der Waals surface area (Å²) in [5.74, 6) is 0.835. The Bertz CT molecular complexity index is 451. The van der Waals surface area contributed by atoms with E-state index in [0.717, 1.165) is 31.0 Å². The summed E-state index contributed by atoms with van der Waals surface area (Å²) in [6, 6.07) is 8.43. The number of methoxy groups -OCH3 is 1. The van der Waals surface area contributed by atoms with E-state index in [1.165, 1.54) is 12.8 Å². The number of ether oxygens (including phenoxy) is 2. The van der Waals surface area contributed by atoms with Crippen molar-refractivity contribution in [1.82, 2.24) is 4.90 Å². The van der Waals surface area contributed by atoms with Gasteiger partial charge in [-0.05, 0) is 31.0 Å². The molecule has 4 nitrogen and oxygen atoms in total. The van der Waals surface area contributed by atoms with Crippen LogP contribution in [0.2, 0.25) is 0 Å². The van der Waals surface area contributed by atoms with Gasteiger partial charge in [-0.3, -0.25) is 4.90 Å². The van der Waals surface area contributed by atoms with Crippen LogP contribution in [0.4, 0.5) is 0 Å². The minimum Gasteiger partial charge on any atom is -0.496 e. The van der Waals surface area contributed by atoms with Gasteiger partial charge in [0.05, 0.1) is 25.9 Å². The fourth-order valence-electron chi connectivity index (χ4n) is 3.30. The van der Waals surface area contributed by atoms with Gasteiger partial charge in [0.1, 0.15) is 5.75 Å². The maximum atomic E-state index is 10.5. The molecule has 2 aliphatic heterocycles. The van der Waals surface area contributed by atoms with Gasteiger partial charge < -0.3 is 14.6 Å². The predicted octanol–water partition coefficient (Wildman–Crippen LogP) is 1.46. The Kier molecular flexibility index (Phi) is 4.24. The van der Waals surface area contributed by atoms with Crippen LogP contribution in [0.1, 0.15) is 18.4 Å². The maximum absolute atomic E-state index is 10.5. The first-order valence-electron chi connectivity index (χ1n) is 7.43. The van der Waals surface area contributed by atoms with Crippen molar-refractivity contribution in [3.8, 4) is 5.75 Å². The van der Waals surface area contributed by atoms with Gasteiger partial charge >= 0.3 is 0 Å². The van der Waals surface area contributed by atoms with Crippen molar-refractivity contribution < 1.29 is 14.6 Å². The van der Waals surface area contributed by atoms with E-state index < -0.39 is 6.10 Å².